The van der Waals surface area contributed by atoms with Gasteiger partial charge in [0.1, 0.15) is 17.6 Å². The number of hydrogen-bond donors (Lipinski definition) is 0. The standard InChI is InChI=1S/C24H28F3NO5S/c25-24(26,27)33-22-2-1-3-23(14-22)34(29,30)17-19-8-11-28(16-19)15-18-4-6-20(7-5-18)32-21-9-12-31-13-10-21/h1-7,14,19,21H,8-13,15-17H2/t19-/m1/s1. The molecule has 2 fully saturated rings. The molecule has 0 aromatic heterocycles. The van der Waals surface area contributed by atoms with E-state index in [1.54, 1.807) is 0 Å². The normalized spacial score (nSPS) is 20.4. The first kappa shape index (κ1) is 24.8. The second-order valence-electron chi connectivity index (χ2n) is 8.77. The molecule has 2 aromatic carbocycles. The van der Waals surface area contributed by atoms with E-state index >= 15 is 0 Å². The molecule has 0 amide bonds. The summed E-state index contributed by atoms with van der Waals surface area (Å²) in [6.07, 6.45) is -2.20. The summed E-state index contributed by atoms with van der Waals surface area (Å²) in [5.41, 5.74) is 1.11. The Balaban J connectivity index is 1.29. The van der Waals surface area contributed by atoms with Gasteiger partial charge in [0.15, 0.2) is 9.84 Å². The van der Waals surface area contributed by atoms with Crippen molar-refractivity contribution in [3.05, 3.63) is 54.1 Å². The molecule has 2 heterocycles. The van der Waals surface area contributed by atoms with Gasteiger partial charge < -0.3 is 14.2 Å². The fourth-order valence-corrected chi connectivity index (χ4v) is 6.05. The number of halogens is 3. The van der Waals surface area contributed by atoms with Gasteiger partial charge in [-0.1, -0.05) is 18.2 Å². The van der Waals surface area contributed by atoms with E-state index in [1.165, 1.54) is 12.1 Å². The van der Waals surface area contributed by atoms with Crippen molar-refractivity contribution in [2.75, 3.05) is 32.1 Å². The minimum Gasteiger partial charge on any atom is -0.490 e. The van der Waals surface area contributed by atoms with Crippen molar-refractivity contribution < 1.29 is 35.8 Å². The number of ether oxygens (including phenoxy) is 3. The molecule has 34 heavy (non-hydrogen) atoms. The molecule has 4 rings (SSSR count). The first-order valence-corrected chi connectivity index (χ1v) is 13.0. The highest BCUT2D eigenvalue weighted by molar-refractivity contribution is 7.91. The van der Waals surface area contributed by atoms with E-state index in [2.05, 4.69) is 9.64 Å². The van der Waals surface area contributed by atoms with Crippen LogP contribution in [-0.4, -0.2) is 57.8 Å². The maximum atomic E-state index is 12.8. The molecule has 0 bridgehead atoms. The number of hydrogen-bond acceptors (Lipinski definition) is 6. The number of rotatable bonds is 8. The predicted molar refractivity (Wildman–Crippen MR) is 119 cm³/mol. The van der Waals surface area contributed by atoms with Crippen LogP contribution >= 0.6 is 0 Å². The van der Waals surface area contributed by atoms with Crippen LogP contribution < -0.4 is 9.47 Å². The first-order valence-electron chi connectivity index (χ1n) is 11.3. The molecule has 0 unspecified atom stereocenters. The Bertz CT molecular complexity index is 1050. The van der Waals surface area contributed by atoms with Crippen LogP contribution in [0.25, 0.3) is 0 Å². The van der Waals surface area contributed by atoms with E-state index in [0.29, 0.717) is 19.5 Å². The summed E-state index contributed by atoms with van der Waals surface area (Å²) in [6, 6.07) is 12.5. The lowest BCUT2D eigenvalue weighted by Crippen LogP contribution is -2.25. The molecule has 0 aliphatic carbocycles. The topological polar surface area (TPSA) is 65.1 Å². The average Bonchev–Trinajstić information content (AvgIpc) is 3.21. The number of nitrogens with zero attached hydrogens (tertiary/aromatic N) is 1. The fraction of sp³-hybridized carbons (Fsp3) is 0.500. The van der Waals surface area contributed by atoms with Crippen LogP contribution in [0.5, 0.6) is 11.5 Å². The lowest BCUT2D eigenvalue weighted by Gasteiger charge is -2.23. The monoisotopic (exact) mass is 499 g/mol. The zero-order chi connectivity index (χ0) is 24.2. The smallest absolute Gasteiger partial charge is 0.490 e. The van der Waals surface area contributed by atoms with Gasteiger partial charge in [-0.2, -0.15) is 0 Å². The average molecular weight is 500 g/mol. The summed E-state index contributed by atoms with van der Waals surface area (Å²) < 4.78 is 78.2. The molecule has 10 heteroatoms. The summed E-state index contributed by atoms with van der Waals surface area (Å²) in [5.74, 6) is 0.0913. The molecule has 2 aliphatic rings. The highest BCUT2D eigenvalue weighted by Gasteiger charge is 2.32. The van der Waals surface area contributed by atoms with Crippen LogP contribution in [0.15, 0.2) is 53.4 Å². The third-order valence-corrected chi connectivity index (χ3v) is 7.91. The molecular weight excluding hydrogens is 471 g/mol. The van der Waals surface area contributed by atoms with Gasteiger partial charge in [-0.05, 0) is 54.8 Å². The molecule has 0 spiro atoms. The Labute approximate surface area is 197 Å². The van der Waals surface area contributed by atoms with Crippen LogP contribution in [0.2, 0.25) is 0 Å². The summed E-state index contributed by atoms with van der Waals surface area (Å²) in [6.45, 7) is 3.52. The van der Waals surface area contributed by atoms with E-state index in [0.717, 1.165) is 56.0 Å². The van der Waals surface area contributed by atoms with E-state index < -0.39 is 21.9 Å². The summed E-state index contributed by atoms with van der Waals surface area (Å²) >= 11 is 0. The Morgan fingerprint density at radius 1 is 1.00 bits per heavy atom. The molecule has 1 atom stereocenters. The second kappa shape index (κ2) is 10.5. The first-order chi connectivity index (χ1) is 16.2. The second-order valence-corrected chi connectivity index (χ2v) is 10.8. The fourth-order valence-electron chi connectivity index (χ4n) is 4.38. The van der Waals surface area contributed by atoms with Gasteiger partial charge in [-0.25, -0.2) is 8.42 Å². The van der Waals surface area contributed by atoms with Crippen molar-refractivity contribution in [1.82, 2.24) is 4.90 Å². The predicted octanol–water partition coefficient (Wildman–Crippen LogP) is 4.44. The molecule has 186 valence electrons. The summed E-state index contributed by atoms with van der Waals surface area (Å²) in [4.78, 5) is 2.03. The number of alkyl halides is 3. The third kappa shape index (κ3) is 7.10. The van der Waals surface area contributed by atoms with E-state index in [9.17, 15) is 21.6 Å². The number of likely N-dealkylation sites (tertiary alicyclic amines) is 1. The van der Waals surface area contributed by atoms with E-state index in [-0.39, 0.29) is 22.7 Å². The molecule has 0 N–H and O–H groups in total. The van der Waals surface area contributed by atoms with Crippen LogP contribution in [0.3, 0.4) is 0 Å². The molecule has 2 aromatic rings. The number of benzene rings is 2. The Morgan fingerprint density at radius 3 is 2.44 bits per heavy atom. The van der Waals surface area contributed by atoms with Gasteiger partial charge in [0, 0.05) is 25.9 Å². The maximum Gasteiger partial charge on any atom is 0.573 e. The lowest BCUT2D eigenvalue weighted by atomic mass is 10.1. The molecule has 6 nitrogen and oxygen atoms in total. The van der Waals surface area contributed by atoms with Crippen molar-refractivity contribution in [3.63, 3.8) is 0 Å². The van der Waals surface area contributed by atoms with Gasteiger partial charge in [0.2, 0.25) is 0 Å². The van der Waals surface area contributed by atoms with Crippen molar-refractivity contribution in [2.24, 2.45) is 5.92 Å². The molecule has 2 aliphatic heterocycles. The lowest BCUT2D eigenvalue weighted by molar-refractivity contribution is -0.274. The van der Waals surface area contributed by atoms with Crippen molar-refractivity contribution in [2.45, 2.75) is 43.2 Å². The minimum atomic E-state index is -4.87. The molecule has 2 saturated heterocycles. The molecular formula is C24H28F3NO5S. The SMILES string of the molecule is O=S(=O)(C[C@@H]1CCN(Cc2ccc(OC3CCOCC3)cc2)C1)c1cccc(OC(F)(F)F)c1. The van der Waals surface area contributed by atoms with Crippen LogP contribution in [0.4, 0.5) is 13.2 Å². The molecule has 0 saturated carbocycles. The zero-order valence-electron chi connectivity index (χ0n) is 18.7. The highest BCUT2D eigenvalue weighted by atomic mass is 32.2. The van der Waals surface area contributed by atoms with Crippen molar-refractivity contribution in [1.29, 1.82) is 0 Å². The van der Waals surface area contributed by atoms with Gasteiger partial charge in [-0.3, -0.25) is 4.90 Å². The van der Waals surface area contributed by atoms with Crippen LogP contribution in [-0.2, 0) is 21.1 Å². The van der Waals surface area contributed by atoms with E-state index in [4.69, 9.17) is 9.47 Å². The van der Waals surface area contributed by atoms with Crippen LogP contribution in [0.1, 0.15) is 24.8 Å². The Hall–Kier alpha value is -2.30. The Morgan fingerprint density at radius 2 is 1.74 bits per heavy atom. The van der Waals surface area contributed by atoms with Gasteiger partial charge in [0.25, 0.3) is 0 Å². The van der Waals surface area contributed by atoms with Gasteiger partial charge >= 0.3 is 6.36 Å². The van der Waals surface area contributed by atoms with Gasteiger partial charge in [0.05, 0.1) is 23.9 Å². The molecule has 0 radical (unpaired) electrons. The van der Waals surface area contributed by atoms with Crippen molar-refractivity contribution in [3.8, 4) is 11.5 Å². The quantitative estimate of drug-likeness (QED) is 0.535. The largest absolute Gasteiger partial charge is 0.573 e. The third-order valence-electron chi connectivity index (χ3n) is 6.02. The summed E-state index contributed by atoms with van der Waals surface area (Å²) in [7, 11) is -3.74. The summed E-state index contributed by atoms with van der Waals surface area (Å²) in [5, 5.41) is 0. The van der Waals surface area contributed by atoms with Crippen molar-refractivity contribution >= 4 is 9.84 Å². The van der Waals surface area contributed by atoms with Crippen LogP contribution in [0, 0.1) is 5.92 Å². The number of sulfone groups is 1. The Kier molecular flexibility index (Phi) is 7.69. The highest BCUT2D eigenvalue weighted by Crippen LogP contribution is 2.28. The zero-order valence-corrected chi connectivity index (χ0v) is 19.5. The maximum absolute atomic E-state index is 12.8. The van der Waals surface area contributed by atoms with E-state index in [1.807, 2.05) is 24.3 Å². The van der Waals surface area contributed by atoms with Gasteiger partial charge in [-0.15, -0.1) is 13.2 Å². The minimum absolute atomic E-state index is 0.0895.